The second-order valence-electron chi connectivity index (χ2n) is 7.01. The van der Waals surface area contributed by atoms with Crippen molar-refractivity contribution in [2.75, 3.05) is 31.9 Å². The van der Waals surface area contributed by atoms with E-state index in [1.54, 1.807) is 34.9 Å². The second-order valence-corrected chi connectivity index (χ2v) is 7.01. The van der Waals surface area contributed by atoms with E-state index in [9.17, 15) is 9.59 Å². The minimum Gasteiger partial charge on any atom is -0.465 e. The number of esters is 1. The van der Waals surface area contributed by atoms with Crippen LogP contribution in [0, 0.1) is 0 Å². The quantitative estimate of drug-likeness (QED) is 0.632. The molecule has 0 amide bonds. The number of hydrogen-bond donors (Lipinski definition) is 0. The maximum absolute atomic E-state index is 13.5. The molecule has 29 heavy (non-hydrogen) atoms. The Kier molecular flexibility index (Phi) is 4.12. The van der Waals surface area contributed by atoms with E-state index >= 15 is 0 Å². The maximum Gasteiger partial charge on any atom is 0.337 e. The van der Waals surface area contributed by atoms with Gasteiger partial charge >= 0.3 is 5.97 Å². The third-order valence-corrected chi connectivity index (χ3v) is 5.28. The van der Waals surface area contributed by atoms with Gasteiger partial charge in [0.05, 0.1) is 29.3 Å². The van der Waals surface area contributed by atoms with E-state index in [1.165, 1.54) is 7.11 Å². The Bertz CT molecular complexity index is 1180. The number of benzene rings is 2. The summed E-state index contributed by atoms with van der Waals surface area (Å²) in [5, 5.41) is 0.429. The van der Waals surface area contributed by atoms with E-state index in [-0.39, 0.29) is 12.4 Å². The molecule has 0 N–H and O–H groups in total. The van der Waals surface area contributed by atoms with E-state index < -0.39 is 5.97 Å². The molecule has 0 bridgehead atoms. The van der Waals surface area contributed by atoms with E-state index in [2.05, 4.69) is 4.90 Å². The first-order chi connectivity index (χ1) is 14.2. The Morgan fingerprint density at radius 1 is 1.07 bits per heavy atom. The van der Waals surface area contributed by atoms with Crippen LogP contribution >= 0.6 is 0 Å². The lowest BCUT2D eigenvalue weighted by Crippen LogP contribution is -2.30. The van der Waals surface area contributed by atoms with Gasteiger partial charge in [0, 0.05) is 19.2 Å². The molecule has 0 atom stereocenters. The fourth-order valence-electron chi connectivity index (χ4n) is 3.81. The highest BCUT2D eigenvalue weighted by molar-refractivity contribution is 5.94. The number of carbonyl (C=O) groups excluding carboxylic acids is 1. The lowest BCUT2D eigenvalue weighted by Gasteiger charge is -2.22. The molecular weight excluding hydrogens is 374 g/mol. The predicted molar refractivity (Wildman–Crippen MR) is 106 cm³/mol. The highest BCUT2D eigenvalue weighted by Gasteiger charge is 2.23. The number of rotatable bonds is 3. The van der Waals surface area contributed by atoms with Crippen LogP contribution in [-0.4, -0.2) is 42.5 Å². The fraction of sp³-hybridized carbons (Fsp3) is 0.286. The summed E-state index contributed by atoms with van der Waals surface area (Å²) in [6.07, 6.45) is 2.08. The molecular formula is C21H19N3O5. The average molecular weight is 393 g/mol. The van der Waals surface area contributed by atoms with Crippen LogP contribution in [0.2, 0.25) is 0 Å². The van der Waals surface area contributed by atoms with Gasteiger partial charge in [-0.15, -0.1) is 0 Å². The van der Waals surface area contributed by atoms with Crippen LogP contribution in [-0.2, 0) is 4.74 Å². The molecule has 0 aliphatic carbocycles. The van der Waals surface area contributed by atoms with Gasteiger partial charge in [0.1, 0.15) is 0 Å². The first-order valence-electron chi connectivity index (χ1n) is 9.46. The molecule has 3 heterocycles. The smallest absolute Gasteiger partial charge is 0.337 e. The van der Waals surface area contributed by atoms with E-state index in [0.717, 1.165) is 25.9 Å². The van der Waals surface area contributed by atoms with Crippen molar-refractivity contribution in [1.29, 1.82) is 0 Å². The SMILES string of the molecule is COC(=O)c1ccc2c(=O)n(-c3ccc4c(c3)OCO4)c(N3CCCC3)nc2c1. The molecule has 8 heteroatoms. The molecule has 148 valence electrons. The summed E-state index contributed by atoms with van der Waals surface area (Å²) >= 11 is 0. The topological polar surface area (TPSA) is 82.9 Å². The monoisotopic (exact) mass is 393 g/mol. The number of anilines is 1. The summed E-state index contributed by atoms with van der Waals surface area (Å²) in [4.78, 5) is 32.2. The van der Waals surface area contributed by atoms with Crippen molar-refractivity contribution in [3.05, 3.63) is 52.3 Å². The second kappa shape index (κ2) is 6.80. The molecule has 3 aromatic rings. The molecule has 5 rings (SSSR count). The van der Waals surface area contributed by atoms with Crippen molar-refractivity contribution in [2.45, 2.75) is 12.8 Å². The molecule has 0 radical (unpaired) electrons. The number of carbonyl (C=O) groups is 1. The van der Waals surface area contributed by atoms with Crippen LogP contribution in [0.25, 0.3) is 16.6 Å². The van der Waals surface area contributed by atoms with Gasteiger partial charge in [-0.05, 0) is 43.2 Å². The highest BCUT2D eigenvalue weighted by Crippen LogP contribution is 2.34. The largest absolute Gasteiger partial charge is 0.465 e. The summed E-state index contributed by atoms with van der Waals surface area (Å²) in [6, 6.07) is 10.2. The molecule has 8 nitrogen and oxygen atoms in total. The molecule has 1 fully saturated rings. The third kappa shape index (κ3) is 2.88. The third-order valence-electron chi connectivity index (χ3n) is 5.28. The normalized spacial score (nSPS) is 15.1. The summed E-state index contributed by atoms with van der Waals surface area (Å²) in [5.41, 5.74) is 1.29. The van der Waals surface area contributed by atoms with Gasteiger partial charge in [-0.25, -0.2) is 14.3 Å². The van der Waals surface area contributed by atoms with Crippen molar-refractivity contribution in [3.8, 4) is 17.2 Å². The predicted octanol–water partition coefficient (Wildman–Crippen LogP) is 2.50. The Morgan fingerprint density at radius 3 is 2.66 bits per heavy atom. The van der Waals surface area contributed by atoms with E-state index in [0.29, 0.717) is 39.6 Å². The number of nitrogens with zero attached hydrogens (tertiary/aromatic N) is 3. The maximum atomic E-state index is 13.5. The van der Waals surface area contributed by atoms with Gasteiger partial charge in [0.15, 0.2) is 11.5 Å². The Hall–Kier alpha value is -3.55. The molecule has 1 saturated heterocycles. The summed E-state index contributed by atoms with van der Waals surface area (Å²) in [6.45, 7) is 1.80. The summed E-state index contributed by atoms with van der Waals surface area (Å²) in [7, 11) is 1.33. The van der Waals surface area contributed by atoms with Gasteiger partial charge in [-0.1, -0.05) is 0 Å². The Morgan fingerprint density at radius 2 is 1.86 bits per heavy atom. The molecule has 2 aliphatic heterocycles. The van der Waals surface area contributed by atoms with Crippen LogP contribution < -0.4 is 19.9 Å². The molecule has 2 aromatic carbocycles. The van der Waals surface area contributed by atoms with Gasteiger partial charge in [0.2, 0.25) is 12.7 Å². The molecule has 1 aromatic heterocycles. The van der Waals surface area contributed by atoms with Crippen LogP contribution in [0.15, 0.2) is 41.2 Å². The molecule has 0 unspecified atom stereocenters. The van der Waals surface area contributed by atoms with Crippen molar-refractivity contribution < 1.29 is 19.0 Å². The van der Waals surface area contributed by atoms with Crippen molar-refractivity contribution in [2.24, 2.45) is 0 Å². The first-order valence-corrected chi connectivity index (χ1v) is 9.46. The van der Waals surface area contributed by atoms with Gasteiger partial charge in [0.25, 0.3) is 5.56 Å². The number of fused-ring (bicyclic) bond motifs is 2. The highest BCUT2D eigenvalue weighted by atomic mass is 16.7. The number of aromatic nitrogens is 2. The van der Waals surface area contributed by atoms with Crippen molar-refractivity contribution in [3.63, 3.8) is 0 Å². The number of methoxy groups -OCH3 is 1. The minimum absolute atomic E-state index is 0.166. The molecule has 0 saturated carbocycles. The van der Waals surface area contributed by atoms with Crippen LogP contribution in [0.4, 0.5) is 5.95 Å². The van der Waals surface area contributed by atoms with Gasteiger partial charge in [-0.2, -0.15) is 0 Å². The van der Waals surface area contributed by atoms with Gasteiger partial charge in [-0.3, -0.25) is 4.79 Å². The minimum atomic E-state index is -0.462. The average Bonchev–Trinajstić information content (AvgIpc) is 3.44. The molecule has 2 aliphatic rings. The first kappa shape index (κ1) is 17.5. The number of ether oxygens (including phenoxy) is 3. The van der Waals surface area contributed by atoms with Crippen LogP contribution in [0.5, 0.6) is 11.5 Å². The Labute approximate surface area is 166 Å². The standard InChI is InChI=1S/C21H19N3O5/c1-27-20(26)13-4-6-15-16(10-13)22-21(23-8-2-3-9-23)24(19(15)25)14-5-7-17-18(11-14)29-12-28-17/h4-7,10-11H,2-3,8-9,12H2,1H3. The fourth-order valence-corrected chi connectivity index (χ4v) is 3.81. The van der Waals surface area contributed by atoms with Crippen molar-refractivity contribution in [1.82, 2.24) is 9.55 Å². The summed E-state index contributed by atoms with van der Waals surface area (Å²) < 4.78 is 17.3. The Balaban J connectivity index is 1.75. The zero-order valence-corrected chi connectivity index (χ0v) is 15.9. The van der Waals surface area contributed by atoms with Crippen LogP contribution in [0.1, 0.15) is 23.2 Å². The van der Waals surface area contributed by atoms with Crippen LogP contribution in [0.3, 0.4) is 0 Å². The zero-order chi connectivity index (χ0) is 20.0. The molecule has 0 spiro atoms. The van der Waals surface area contributed by atoms with E-state index in [4.69, 9.17) is 19.2 Å². The van der Waals surface area contributed by atoms with Gasteiger partial charge < -0.3 is 19.1 Å². The lowest BCUT2D eigenvalue weighted by molar-refractivity contribution is 0.0601. The lowest BCUT2D eigenvalue weighted by atomic mass is 10.1. The van der Waals surface area contributed by atoms with Crippen molar-refractivity contribution >= 4 is 22.8 Å². The van der Waals surface area contributed by atoms with E-state index in [1.807, 2.05) is 6.07 Å². The summed E-state index contributed by atoms with van der Waals surface area (Å²) in [5.74, 6) is 1.35. The zero-order valence-electron chi connectivity index (χ0n) is 15.9. The number of hydrogen-bond acceptors (Lipinski definition) is 7.